The lowest BCUT2D eigenvalue weighted by molar-refractivity contribution is -0.138. The molecule has 1 aromatic carbocycles. The number of amides is 6. The van der Waals surface area contributed by atoms with Crippen LogP contribution < -0.4 is 0 Å². The van der Waals surface area contributed by atoms with Crippen LogP contribution in [0.3, 0.4) is 0 Å². The van der Waals surface area contributed by atoms with Crippen molar-refractivity contribution in [2.75, 3.05) is 118 Å². The van der Waals surface area contributed by atoms with Gasteiger partial charge in [0, 0.05) is 116 Å². The third-order valence-corrected chi connectivity index (χ3v) is 13.0. The molecule has 0 radical (unpaired) electrons. The van der Waals surface area contributed by atoms with Gasteiger partial charge in [-0.2, -0.15) is 0 Å². The van der Waals surface area contributed by atoms with Gasteiger partial charge in [-0.1, -0.05) is 0 Å². The van der Waals surface area contributed by atoms with Gasteiger partial charge in [-0.05, 0) is 185 Å². The summed E-state index contributed by atoms with van der Waals surface area (Å²) >= 11 is 0. The summed E-state index contributed by atoms with van der Waals surface area (Å²) in [7, 11) is 0. The lowest BCUT2D eigenvalue weighted by atomic mass is 10.1. The Labute approximate surface area is 476 Å². The molecule has 1 aromatic rings. The second kappa shape index (κ2) is 32.5. The molecule has 2 aliphatic heterocycles. The van der Waals surface area contributed by atoms with E-state index in [1.54, 1.807) is 137 Å². The van der Waals surface area contributed by atoms with E-state index in [-0.39, 0.29) is 63.9 Å². The predicted octanol–water partition coefficient (Wildman–Crippen LogP) is 8.22. The van der Waals surface area contributed by atoms with Gasteiger partial charge in [0.2, 0.25) is 0 Å². The van der Waals surface area contributed by atoms with E-state index >= 15 is 0 Å². The Balaban J connectivity index is 1.95. The van der Waals surface area contributed by atoms with Crippen LogP contribution in [0.1, 0.15) is 168 Å². The van der Waals surface area contributed by atoms with E-state index in [1.807, 2.05) is 0 Å². The number of carboxylic acid groups (broad SMARTS) is 2. The SMILES string of the molecule is CC(C)(C)OC(=O)N1CCCN(C(=O)OC(C)(C)C)CCN(C(=O)c2ccc(C(=O)N3CCCN(CCCCC(=O)O)CCN(C(=O)OC(C)(C)C)CCCN(C(=O)OC(C)(C)C)CC3)cc2)CCCN(CCCCC(=O)O)CC1. The lowest BCUT2D eigenvalue weighted by Gasteiger charge is -2.33. The summed E-state index contributed by atoms with van der Waals surface area (Å²) in [5, 5.41) is 18.6. The minimum Gasteiger partial charge on any atom is -0.481 e. The summed E-state index contributed by atoms with van der Waals surface area (Å²) in [5.74, 6) is -2.34. The van der Waals surface area contributed by atoms with E-state index in [0.29, 0.717) is 141 Å². The highest BCUT2D eigenvalue weighted by Gasteiger charge is 2.30. The van der Waals surface area contributed by atoms with Crippen LogP contribution in [-0.4, -0.2) is 238 Å². The van der Waals surface area contributed by atoms with Crippen LogP contribution in [0.15, 0.2) is 24.3 Å². The number of unbranched alkanes of at least 4 members (excludes halogenated alkanes) is 2. The van der Waals surface area contributed by atoms with Gasteiger partial charge in [-0.25, -0.2) is 19.2 Å². The zero-order chi connectivity index (χ0) is 59.8. The van der Waals surface area contributed by atoms with Crippen LogP contribution >= 0.6 is 0 Å². The summed E-state index contributed by atoms with van der Waals surface area (Å²) < 4.78 is 23.2. The van der Waals surface area contributed by atoms with Gasteiger partial charge in [0.25, 0.3) is 11.8 Å². The number of carbonyl (C=O) groups is 8. The topological polar surface area (TPSA) is 240 Å². The minimum absolute atomic E-state index is 0.0416. The Bertz CT molecular complexity index is 2000. The molecule has 0 aliphatic carbocycles. The number of ether oxygens (including phenoxy) is 4. The number of aliphatic carboxylic acids is 2. The Kier molecular flexibility index (Phi) is 27.8. The average molecular weight is 1130 g/mol. The molecule has 6 amide bonds. The molecule has 80 heavy (non-hydrogen) atoms. The molecule has 0 atom stereocenters. The third-order valence-electron chi connectivity index (χ3n) is 13.0. The Morgan fingerprint density at radius 3 is 0.850 bits per heavy atom. The maximum Gasteiger partial charge on any atom is 0.410 e. The first-order chi connectivity index (χ1) is 37.3. The fourth-order valence-electron chi connectivity index (χ4n) is 9.01. The minimum atomic E-state index is -0.868. The highest BCUT2D eigenvalue weighted by molar-refractivity contribution is 5.98. The number of hydrogen-bond acceptors (Lipinski definition) is 14. The van der Waals surface area contributed by atoms with Gasteiger partial charge in [-0.15, -0.1) is 0 Å². The van der Waals surface area contributed by atoms with Crippen molar-refractivity contribution in [3.05, 3.63) is 35.4 Å². The molecular formula is C58H98N8O14. The highest BCUT2D eigenvalue weighted by atomic mass is 16.6. The van der Waals surface area contributed by atoms with E-state index in [1.165, 1.54) is 0 Å². The van der Waals surface area contributed by atoms with E-state index in [4.69, 9.17) is 18.9 Å². The average Bonchev–Trinajstić information content (AvgIpc) is 3.32. The van der Waals surface area contributed by atoms with E-state index < -0.39 is 58.7 Å². The molecule has 2 N–H and O–H groups in total. The quantitative estimate of drug-likeness (QED) is 0.148. The first kappa shape index (κ1) is 68.4. The van der Waals surface area contributed by atoms with Gasteiger partial charge in [0.05, 0.1) is 0 Å². The third kappa shape index (κ3) is 28.0. The molecule has 0 unspecified atom stereocenters. The monoisotopic (exact) mass is 1130 g/mol. The predicted molar refractivity (Wildman–Crippen MR) is 304 cm³/mol. The second-order valence-electron chi connectivity index (χ2n) is 24.8. The molecule has 2 fully saturated rings. The summed E-state index contributed by atoms with van der Waals surface area (Å²) in [5.41, 5.74) is -2.37. The number of nitrogens with zero attached hydrogens (tertiary/aromatic N) is 8. The van der Waals surface area contributed by atoms with E-state index in [0.717, 1.165) is 0 Å². The van der Waals surface area contributed by atoms with Crippen molar-refractivity contribution >= 4 is 48.1 Å². The van der Waals surface area contributed by atoms with Crippen molar-refractivity contribution in [1.29, 1.82) is 0 Å². The standard InChI is InChI=1S/C58H98N8O14/c1-55(2,3)77-51(73)63-33-19-35-65(53(75)79-57(7,8)9)43-41-61(31-17-29-59(37-39-63)27-15-13-21-47(67)68)49(71)45-23-25-46(26-24-45)50(72)62-32-18-30-60(28-16-14-22-48(69)70)38-40-64(52(74)78-56(4,5)6)34-20-36-66(44-42-62)54(76)80-58(10,11)12/h23-26H,13-22,27-44H2,1-12H3,(H,67,68)(H,69,70). The lowest BCUT2D eigenvalue weighted by Crippen LogP contribution is -2.47. The first-order valence-corrected chi connectivity index (χ1v) is 28.8. The molecule has 2 aliphatic rings. The molecule has 0 spiro atoms. The van der Waals surface area contributed by atoms with Crippen molar-refractivity contribution in [1.82, 2.24) is 39.2 Å². The Morgan fingerprint density at radius 1 is 0.350 bits per heavy atom. The largest absolute Gasteiger partial charge is 0.481 e. The summed E-state index contributed by atoms with van der Waals surface area (Å²) in [4.78, 5) is 120. The summed E-state index contributed by atoms with van der Waals surface area (Å²) in [6, 6.07) is 6.50. The number of carboxylic acids is 2. The second-order valence-corrected chi connectivity index (χ2v) is 24.8. The van der Waals surface area contributed by atoms with E-state index in [2.05, 4.69) is 9.80 Å². The van der Waals surface area contributed by atoms with Crippen molar-refractivity contribution in [2.45, 2.75) is 170 Å². The molecular weight excluding hydrogens is 1030 g/mol. The van der Waals surface area contributed by atoms with Crippen molar-refractivity contribution in [3.63, 3.8) is 0 Å². The van der Waals surface area contributed by atoms with Gasteiger partial charge in [0.15, 0.2) is 0 Å². The molecule has 0 saturated carbocycles. The van der Waals surface area contributed by atoms with Crippen molar-refractivity contribution in [2.24, 2.45) is 0 Å². The maximum absolute atomic E-state index is 14.6. The molecule has 454 valence electrons. The molecule has 0 bridgehead atoms. The number of rotatable bonds is 12. The molecule has 22 nitrogen and oxygen atoms in total. The fourth-order valence-corrected chi connectivity index (χ4v) is 9.01. The number of hydrogen-bond donors (Lipinski definition) is 2. The van der Waals surface area contributed by atoms with Crippen LogP contribution in [0.4, 0.5) is 19.2 Å². The number of benzene rings is 1. The smallest absolute Gasteiger partial charge is 0.410 e. The molecule has 2 saturated heterocycles. The Hall–Kier alpha value is -5.90. The number of carbonyl (C=O) groups excluding carboxylic acids is 6. The van der Waals surface area contributed by atoms with Gasteiger partial charge < -0.3 is 68.4 Å². The summed E-state index contributed by atoms with van der Waals surface area (Å²) in [6.07, 6.45) is 2.13. The fraction of sp³-hybridized carbons (Fsp3) is 0.759. The first-order valence-electron chi connectivity index (χ1n) is 28.8. The normalized spacial score (nSPS) is 17.4. The Morgan fingerprint density at radius 2 is 0.588 bits per heavy atom. The molecule has 3 rings (SSSR count). The van der Waals surface area contributed by atoms with Gasteiger partial charge in [-0.3, -0.25) is 19.2 Å². The van der Waals surface area contributed by atoms with Crippen LogP contribution in [0.25, 0.3) is 0 Å². The molecule has 0 aromatic heterocycles. The zero-order valence-electron chi connectivity index (χ0n) is 50.5. The van der Waals surface area contributed by atoms with Crippen LogP contribution in [0, 0.1) is 0 Å². The van der Waals surface area contributed by atoms with Crippen LogP contribution in [0.5, 0.6) is 0 Å². The van der Waals surface area contributed by atoms with Crippen molar-refractivity contribution in [3.8, 4) is 0 Å². The van der Waals surface area contributed by atoms with E-state index in [9.17, 15) is 48.6 Å². The molecule has 2 heterocycles. The summed E-state index contributed by atoms with van der Waals surface area (Å²) in [6.45, 7) is 27.6. The van der Waals surface area contributed by atoms with Crippen molar-refractivity contribution < 1.29 is 67.5 Å². The van der Waals surface area contributed by atoms with Gasteiger partial charge in [0.1, 0.15) is 22.4 Å². The molecule has 22 heteroatoms. The van der Waals surface area contributed by atoms with Crippen LogP contribution in [-0.2, 0) is 28.5 Å². The highest BCUT2D eigenvalue weighted by Crippen LogP contribution is 2.19. The van der Waals surface area contributed by atoms with Gasteiger partial charge >= 0.3 is 36.3 Å². The zero-order valence-corrected chi connectivity index (χ0v) is 50.5. The maximum atomic E-state index is 14.6. The van der Waals surface area contributed by atoms with Crippen LogP contribution in [0.2, 0.25) is 0 Å².